The zero-order valence-corrected chi connectivity index (χ0v) is 14.1. The lowest BCUT2D eigenvalue weighted by molar-refractivity contribution is 0.0980. The number of ether oxygens (including phenoxy) is 1. The highest BCUT2D eigenvalue weighted by Crippen LogP contribution is 2.37. The monoisotopic (exact) mass is 344 g/mol. The predicted molar refractivity (Wildman–Crippen MR) is 98.1 cm³/mol. The molecule has 26 heavy (non-hydrogen) atoms. The number of morpholine rings is 1. The maximum Gasteiger partial charge on any atom is 0.196 e. The van der Waals surface area contributed by atoms with E-state index in [4.69, 9.17) is 4.74 Å². The van der Waals surface area contributed by atoms with Crippen molar-refractivity contribution in [1.29, 1.82) is 0 Å². The second-order valence-electron chi connectivity index (χ2n) is 6.52. The Labute approximate surface area is 150 Å². The highest BCUT2D eigenvalue weighted by molar-refractivity contribution is 6.32. The fraction of sp³-hybridized carbons (Fsp3) is 0.190. The van der Waals surface area contributed by atoms with Crippen LogP contribution in [0.2, 0.25) is 0 Å². The standard InChI is InChI=1S/C21H16N2O3/c24-20-13-4-1-2-5-14(13)21(25)18-16(20)12-17(23-8-10-26-11-9-23)15-6-3-7-22-19(15)18/h1-7,12H,8-11H2. The topological polar surface area (TPSA) is 59.5 Å². The predicted octanol–water partition coefficient (Wildman–Crippen LogP) is 2.85. The van der Waals surface area contributed by atoms with Gasteiger partial charge >= 0.3 is 0 Å². The number of fused-ring (bicyclic) bond motifs is 4. The molecule has 1 aromatic heterocycles. The van der Waals surface area contributed by atoms with E-state index in [-0.39, 0.29) is 11.6 Å². The van der Waals surface area contributed by atoms with Crippen molar-refractivity contribution in [3.8, 4) is 0 Å². The third kappa shape index (κ3) is 2.10. The molecule has 3 aromatic rings. The van der Waals surface area contributed by atoms with Crippen molar-refractivity contribution in [3.05, 3.63) is 70.9 Å². The van der Waals surface area contributed by atoms with Gasteiger partial charge in [0.15, 0.2) is 11.6 Å². The van der Waals surface area contributed by atoms with Crippen LogP contribution in [0.15, 0.2) is 48.7 Å². The smallest absolute Gasteiger partial charge is 0.196 e. The van der Waals surface area contributed by atoms with E-state index < -0.39 is 0 Å². The van der Waals surface area contributed by atoms with E-state index in [0.29, 0.717) is 41.0 Å². The number of benzene rings is 2. The molecule has 2 aliphatic rings. The zero-order chi connectivity index (χ0) is 17.7. The summed E-state index contributed by atoms with van der Waals surface area (Å²) in [7, 11) is 0. The van der Waals surface area contributed by atoms with Gasteiger partial charge in [0.05, 0.1) is 24.3 Å². The molecule has 0 radical (unpaired) electrons. The summed E-state index contributed by atoms with van der Waals surface area (Å²) in [6.45, 7) is 2.80. The second kappa shape index (κ2) is 5.75. The summed E-state index contributed by atoms with van der Waals surface area (Å²) < 4.78 is 5.45. The van der Waals surface area contributed by atoms with Gasteiger partial charge in [-0.1, -0.05) is 24.3 Å². The minimum Gasteiger partial charge on any atom is -0.378 e. The summed E-state index contributed by atoms with van der Waals surface area (Å²) in [5, 5.41) is 0.897. The molecule has 1 aliphatic heterocycles. The Hall–Kier alpha value is -3.05. The zero-order valence-electron chi connectivity index (χ0n) is 14.1. The Bertz CT molecular complexity index is 1070. The maximum absolute atomic E-state index is 13.1. The van der Waals surface area contributed by atoms with Crippen LogP contribution in [0, 0.1) is 0 Å². The van der Waals surface area contributed by atoms with Crippen LogP contribution in [0.5, 0.6) is 0 Å². The lowest BCUT2D eigenvalue weighted by Gasteiger charge is -2.31. The lowest BCUT2D eigenvalue weighted by atomic mass is 9.82. The van der Waals surface area contributed by atoms with E-state index in [1.807, 2.05) is 18.2 Å². The molecule has 0 saturated carbocycles. The van der Waals surface area contributed by atoms with Crippen molar-refractivity contribution < 1.29 is 14.3 Å². The number of anilines is 1. The minimum atomic E-state index is -0.132. The fourth-order valence-corrected chi connectivity index (χ4v) is 3.86. The number of hydrogen-bond acceptors (Lipinski definition) is 5. The van der Waals surface area contributed by atoms with Crippen LogP contribution in [-0.4, -0.2) is 42.9 Å². The molecule has 0 unspecified atom stereocenters. The molecule has 5 nitrogen and oxygen atoms in total. The van der Waals surface area contributed by atoms with Gasteiger partial charge in [-0.05, 0) is 18.2 Å². The Kier molecular flexibility index (Phi) is 3.36. The van der Waals surface area contributed by atoms with Crippen LogP contribution < -0.4 is 4.90 Å². The molecule has 5 rings (SSSR count). The Morgan fingerprint density at radius 3 is 2.38 bits per heavy atom. The average Bonchev–Trinajstić information content (AvgIpc) is 2.71. The molecule has 1 saturated heterocycles. The molecule has 0 N–H and O–H groups in total. The molecule has 1 aliphatic carbocycles. The van der Waals surface area contributed by atoms with Gasteiger partial charge in [0.1, 0.15) is 0 Å². The van der Waals surface area contributed by atoms with Crippen LogP contribution in [0.1, 0.15) is 31.8 Å². The van der Waals surface area contributed by atoms with Crippen molar-refractivity contribution in [3.63, 3.8) is 0 Å². The quantitative estimate of drug-likeness (QED) is 0.531. The normalized spacial score (nSPS) is 16.5. The van der Waals surface area contributed by atoms with Gasteiger partial charge in [-0.3, -0.25) is 14.6 Å². The van der Waals surface area contributed by atoms with Gasteiger partial charge in [-0.2, -0.15) is 0 Å². The average molecular weight is 344 g/mol. The van der Waals surface area contributed by atoms with Crippen LogP contribution in [0.4, 0.5) is 5.69 Å². The van der Waals surface area contributed by atoms with E-state index in [2.05, 4.69) is 9.88 Å². The molecule has 128 valence electrons. The summed E-state index contributed by atoms with van der Waals surface area (Å²) in [6.07, 6.45) is 1.67. The van der Waals surface area contributed by atoms with Gasteiger partial charge in [0.2, 0.25) is 0 Å². The number of rotatable bonds is 1. The van der Waals surface area contributed by atoms with E-state index in [1.165, 1.54) is 0 Å². The number of aromatic nitrogens is 1. The Balaban J connectivity index is 1.81. The summed E-state index contributed by atoms with van der Waals surface area (Å²) in [5.41, 5.74) is 3.32. The van der Waals surface area contributed by atoms with Crippen molar-refractivity contribution in [2.75, 3.05) is 31.2 Å². The number of carbonyl (C=O) groups excluding carboxylic acids is 2. The van der Waals surface area contributed by atoms with E-state index in [0.717, 1.165) is 24.2 Å². The number of hydrogen-bond donors (Lipinski definition) is 0. The number of carbonyl (C=O) groups is 2. The Morgan fingerprint density at radius 1 is 0.885 bits per heavy atom. The highest BCUT2D eigenvalue weighted by atomic mass is 16.5. The highest BCUT2D eigenvalue weighted by Gasteiger charge is 2.33. The number of ketones is 2. The molecule has 2 heterocycles. The first-order valence-electron chi connectivity index (χ1n) is 8.68. The third-order valence-electron chi connectivity index (χ3n) is 5.11. The van der Waals surface area contributed by atoms with Crippen LogP contribution >= 0.6 is 0 Å². The first kappa shape index (κ1) is 15.2. The SMILES string of the molecule is O=C1c2ccccc2C(=O)c2c1cc(N1CCOCC1)c1cccnc21. The third-order valence-corrected chi connectivity index (χ3v) is 5.11. The van der Waals surface area contributed by atoms with E-state index in [1.54, 1.807) is 30.5 Å². The first-order chi connectivity index (χ1) is 12.8. The van der Waals surface area contributed by atoms with Crippen molar-refractivity contribution in [1.82, 2.24) is 4.98 Å². The summed E-state index contributed by atoms with van der Waals surface area (Å²) in [5.74, 6) is -0.246. The second-order valence-corrected chi connectivity index (χ2v) is 6.52. The Morgan fingerprint density at radius 2 is 1.62 bits per heavy atom. The summed E-state index contributed by atoms with van der Waals surface area (Å²) in [6, 6.07) is 12.7. The molecule has 2 aromatic carbocycles. The summed E-state index contributed by atoms with van der Waals surface area (Å²) in [4.78, 5) is 32.9. The van der Waals surface area contributed by atoms with Crippen molar-refractivity contribution >= 4 is 28.2 Å². The maximum atomic E-state index is 13.1. The fourth-order valence-electron chi connectivity index (χ4n) is 3.86. The van der Waals surface area contributed by atoms with Gasteiger partial charge < -0.3 is 9.64 Å². The largest absolute Gasteiger partial charge is 0.378 e. The minimum absolute atomic E-state index is 0.114. The van der Waals surface area contributed by atoms with Crippen molar-refractivity contribution in [2.24, 2.45) is 0 Å². The van der Waals surface area contributed by atoms with Crippen LogP contribution in [-0.2, 0) is 4.74 Å². The van der Waals surface area contributed by atoms with E-state index in [9.17, 15) is 9.59 Å². The molecule has 0 atom stereocenters. The van der Waals surface area contributed by atoms with Gasteiger partial charge in [-0.25, -0.2) is 0 Å². The summed E-state index contributed by atoms with van der Waals surface area (Å²) >= 11 is 0. The molecule has 0 bridgehead atoms. The first-order valence-corrected chi connectivity index (χ1v) is 8.68. The lowest BCUT2D eigenvalue weighted by Crippen LogP contribution is -2.36. The van der Waals surface area contributed by atoms with Gasteiger partial charge in [0, 0.05) is 47.1 Å². The molecular formula is C21H16N2O3. The van der Waals surface area contributed by atoms with E-state index >= 15 is 0 Å². The van der Waals surface area contributed by atoms with Crippen LogP contribution in [0.25, 0.3) is 10.9 Å². The molecule has 5 heteroatoms. The molecule has 1 fully saturated rings. The number of pyridine rings is 1. The number of nitrogens with zero attached hydrogens (tertiary/aromatic N) is 2. The molecular weight excluding hydrogens is 328 g/mol. The van der Waals surface area contributed by atoms with Gasteiger partial charge in [0.25, 0.3) is 0 Å². The van der Waals surface area contributed by atoms with Crippen molar-refractivity contribution in [2.45, 2.75) is 0 Å². The molecule has 0 spiro atoms. The molecule has 0 amide bonds. The van der Waals surface area contributed by atoms with Crippen LogP contribution in [0.3, 0.4) is 0 Å². The van der Waals surface area contributed by atoms with Gasteiger partial charge in [-0.15, -0.1) is 0 Å².